The second-order valence-corrected chi connectivity index (χ2v) is 4.55. The van der Waals surface area contributed by atoms with Crippen LogP contribution in [0.15, 0.2) is 9.98 Å². The lowest BCUT2D eigenvalue weighted by Gasteiger charge is -2.31. The standard InChI is InChI=1S/C13H17N3/c1-3-9-15-12(10-14)16-11-13(2)7-5-4-6-8-13/h1,9H,4-8,11H2,2H3/b15-9-,16-12-. The van der Waals surface area contributed by atoms with Gasteiger partial charge < -0.3 is 0 Å². The van der Waals surface area contributed by atoms with Gasteiger partial charge in [0.2, 0.25) is 5.84 Å². The van der Waals surface area contributed by atoms with Gasteiger partial charge >= 0.3 is 0 Å². The molecule has 0 spiro atoms. The van der Waals surface area contributed by atoms with E-state index in [1.54, 1.807) is 0 Å². The topological polar surface area (TPSA) is 48.5 Å². The van der Waals surface area contributed by atoms with Crippen molar-refractivity contribution >= 4 is 12.1 Å². The number of terminal acetylenes is 1. The van der Waals surface area contributed by atoms with Crippen molar-refractivity contribution in [2.24, 2.45) is 15.4 Å². The van der Waals surface area contributed by atoms with E-state index in [1.165, 1.54) is 38.3 Å². The Kier molecular flexibility index (Phi) is 4.73. The highest BCUT2D eigenvalue weighted by atomic mass is 14.9. The summed E-state index contributed by atoms with van der Waals surface area (Å²) >= 11 is 0. The lowest BCUT2D eigenvalue weighted by atomic mass is 9.76. The van der Waals surface area contributed by atoms with E-state index in [0.29, 0.717) is 6.54 Å². The fourth-order valence-corrected chi connectivity index (χ4v) is 2.03. The van der Waals surface area contributed by atoms with Crippen LogP contribution in [-0.4, -0.2) is 18.6 Å². The molecule has 0 aliphatic heterocycles. The van der Waals surface area contributed by atoms with E-state index in [9.17, 15) is 0 Å². The largest absolute Gasteiger partial charge is 0.257 e. The monoisotopic (exact) mass is 215 g/mol. The summed E-state index contributed by atoms with van der Waals surface area (Å²) in [5.41, 5.74) is 0.242. The zero-order valence-electron chi connectivity index (χ0n) is 9.74. The van der Waals surface area contributed by atoms with E-state index >= 15 is 0 Å². The van der Waals surface area contributed by atoms with E-state index in [0.717, 1.165) is 0 Å². The van der Waals surface area contributed by atoms with Gasteiger partial charge in [-0.2, -0.15) is 5.26 Å². The molecule has 16 heavy (non-hydrogen) atoms. The van der Waals surface area contributed by atoms with Gasteiger partial charge in [-0.1, -0.05) is 32.1 Å². The van der Waals surface area contributed by atoms with Crippen LogP contribution in [0.5, 0.6) is 0 Å². The van der Waals surface area contributed by atoms with Gasteiger partial charge in [-0.05, 0) is 18.3 Å². The molecule has 84 valence electrons. The Morgan fingerprint density at radius 1 is 1.44 bits per heavy atom. The van der Waals surface area contributed by atoms with Crippen molar-refractivity contribution in [3.8, 4) is 18.4 Å². The van der Waals surface area contributed by atoms with E-state index in [1.807, 2.05) is 6.07 Å². The summed E-state index contributed by atoms with van der Waals surface area (Å²) in [4.78, 5) is 8.04. The average molecular weight is 215 g/mol. The lowest BCUT2D eigenvalue weighted by molar-refractivity contribution is 0.227. The maximum Gasteiger partial charge on any atom is 0.228 e. The molecule has 0 heterocycles. The molecule has 1 aliphatic rings. The Balaban J connectivity index is 2.59. The Morgan fingerprint density at radius 3 is 2.69 bits per heavy atom. The van der Waals surface area contributed by atoms with Crippen LogP contribution in [0.2, 0.25) is 0 Å². The molecule has 3 nitrogen and oxygen atoms in total. The predicted octanol–water partition coefficient (Wildman–Crippen LogP) is 2.58. The smallest absolute Gasteiger partial charge is 0.228 e. The number of aliphatic imine (C=N–C) groups is 2. The second kappa shape index (κ2) is 6.08. The van der Waals surface area contributed by atoms with Crippen LogP contribution >= 0.6 is 0 Å². The van der Waals surface area contributed by atoms with E-state index in [4.69, 9.17) is 11.7 Å². The molecule has 0 bridgehead atoms. The maximum atomic E-state index is 8.80. The highest BCUT2D eigenvalue weighted by Gasteiger charge is 2.26. The van der Waals surface area contributed by atoms with Gasteiger partial charge in [0.25, 0.3) is 0 Å². The molecule has 0 aromatic carbocycles. The van der Waals surface area contributed by atoms with Gasteiger partial charge in [-0.3, -0.25) is 4.99 Å². The Bertz CT molecular complexity index is 360. The van der Waals surface area contributed by atoms with Gasteiger partial charge in [0.1, 0.15) is 6.07 Å². The van der Waals surface area contributed by atoms with E-state index in [-0.39, 0.29) is 11.3 Å². The molecule has 0 aromatic heterocycles. The summed E-state index contributed by atoms with van der Waals surface area (Å²) in [7, 11) is 0. The van der Waals surface area contributed by atoms with Crippen LogP contribution in [0.25, 0.3) is 0 Å². The number of amidine groups is 1. The summed E-state index contributed by atoms with van der Waals surface area (Å²) in [5.74, 6) is 2.44. The summed E-state index contributed by atoms with van der Waals surface area (Å²) in [6, 6.07) is 1.95. The Labute approximate surface area is 97.3 Å². The molecule has 1 fully saturated rings. The minimum atomic E-state index is 0.185. The Hall–Kier alpha value is -1.61. The molecular formula is C13H17N3. The Morgan fingerprint density at radius 2 is 2.12 bits per heavy atom. The van der Waals surface area contributed by atoms with Crippen LogP contribution in [0.1, 0.15) is 39.0 Å². The summed E-state index contributed by atoms with van der Waals surface area (Å²) in [6.45, 7) is 2.91. The van der Waals surface area contributed by atoms with Crippen LogP contribution in [0.4, 0.5) is 0 Å². The van der Waals surface area contributed by atoms with Crippen LogP contribution in [0, 0.1) is 29.1 Å². The summed E-state index contributed by atoms with van der Waals surface area (Å²) in [5, 5.41) is 8.80. The number of hydrogen-bond donors (Lipinski definition) is 0. The third-order valence-electron chi connectivity index (χ3n) is 3.03. The molecule has 0 aromatic rings. The number of nitrogens with zero attached hydrogens (tertiary/aromatic N) is 3. The minimum Gasteiger partial charge on any atom is -0.257 e. The molecule has 0 amide bonds. The second-order valence-electron chi connectivity index (χ2n) is 4.55. The fourth-order valence-electron chi connectivity index (χ4n) is 2.03. The minimum absolute atomic E-state index is 0.185. The van der Waals surface area contributed by atoms with Gasteiger partial charge in [0.15, 0.2) is 0 Å². The third-order valence-corrected chi connectivity index (χ3v) is 3.03. The zero-order chi connectivity index (χ0) is 11.9. The molecule has 0 saturated heterocycles. The summed E-state index contributed by atoms with van der Waals surface area (Å²) < 4.78 is 0. The van der Waals surface area contributed by atoms with Crippen molar-refractivity contribution in [2.45, 2.75) is 39.0 Å². The SMILES string of the molecule is C#C/C=N\C(C#N)=N/CC1(C)CCCCC1. The number of rotatable bonds is 2. The predicted molar refractivity (Wildman–Crippen MR) is 66.4 cm³/mol. The van der Waals surface area contributed by atoms with Crippen LogP contribution in [0.3, 0.4) is 0 Å². The average Bonchev–Trinajstić information content (AvgIpc) is 2.30. The highest BCUT2D eigenvalue weighted by molar-refractivity contribution is 6.03. The molecule has 0 N–H and O–H groups in total. The molecule has 1 aliphatic carbocycles. The van der Waals surface area contributed by atoms with Crippen molar-refractivity contribution in [3.05, 3.63) is 0 Å². The zero-order valence-corrected chi connectivity index (χ0v) is 9.74. The molecule has 1 saturated carbocycles. The number of hydrogen-bond acceptors (Lipinski definition) is 2. The molecule has 1 rings (SSSR count). The van der Waals surface area contributed by atoms with Crippen molar-refractivity contribution in [3.63, 3.8) is 0 Å². The van der Waals surface area contributed by atoms with Crippen molar-refractivity contribution in [1.29, 1.82) is 5.26 Å². The van der Waals surface area contributed by atoms with Gasteiger partial charge in [-0.15, -0.1) is 6.42 Å². The first kappa shape index (κ1) is 12.5. The molecule has 0 radical (unpaired) electrons. The van der Waals surface area contributed by atoms with Crippen molar-refractivity contribution in [1.82, 2.24) is 0 Å². The maximum absolute atomic E-state index is 8.80. The van der Waals surface area contributed by atoms with Gasteiger partial charge in [0, 0.05) is 6.54 Å². The molecule has 0 unspecified atom stereocenters. The van der Waals surface area contributed by atoms with E-state index < -0.39 is 0 Å². The molecule has 0 atom stereocenters. The molecular weight excluding hydrogens is 198 g/mol. The number of nitriles is 1. The van der Waals surface area contributed by atoms with Crippen molar-refractivity contribution < 1.29 is 0 Å². The normalized spacial score (nSPS) is 20.3. The first-order valence-corrected chi connectivity index (χ1v) is 5.63. The molecule has 3 heteroatoms. The quantitative estimate of drug-likeness (QED) is 0.397. The third kappa shape index (κ3) is 3.87. The van der Waals surface area contributed by atoms with Gasteiger partial charge in [-0.25, -0.2) is 4.99 Å². The van der Waals surface area contributed by atoms with Gasteiger partial charge in [0.05, 0.1) is 6.21 Å². The summed E-state index contributed by atoms with van der Waals surface area (Å²) in [6.07, 6.45) is 12.5. The highest BCUT2D eigenvalue weighted by Crippen LogP contribution is 2.35. The van der Waals surface area contributed by atoms with Crippen molar-refractivity contribution in [2.75, 3.05) is 6.54 Å². The van der Waals surface area contributed by atoms with E-state index in [2.05, 4.69) is 22.8 Å². The first-order chi connectivity index (χ1) is 7.70. The van der Waals surface area contributed by atoms with Crippen LogP contribution in [-0.2, 0) is 0 Å². The fraction of sp³-hybridized carbons (Fsp3) is 0.615. The van der Waals surface area contributed by atoms with Crippen LogP contribution < -0.4 is 0 Å². The first-order valence-electron chi connectivity index (χ1n) is 5.63. The lowest BCUT2D eigenvalue weighted by Crippen LogP contribution is -2.24.